The van der Waals surface area contributed by atoms with Crippen LogP contribution in [0.1, 0.15) is 40.0 Å². The zero-order chi connectivity index (χ0) is 24.3. The summed E-state index contributed by atoms with van der Waals surface area (Å²) >= 11 is 0. The van der Waals surface area contributed by atoms with Crippen LogP contribution in [-0.2, 0) is 11.2 Å². The number of nitrogens with zero attached hydrogens (tertiary/aromatic N) is 1. The molecular weight excluding hydrogens is 454 g/mol. The van der Waals surface area contributed by atoms with E-state index in [1.54, 1.807) is 0 Å². The molecule has 3 aromatic carbocycles. The maximum atomic E-state index is 13.4. The van der Waals surface area contributed by atoms with Crippen LogP contribution in [0.15, 0.2) is 72.8 Å². The van der Waals surface area contributed by atoms with Gasteiger partial charge in [0.1, 0.15) is 19.0 Å². The van der Waals surface area contributed by atoms with E-state index in [0.717, 1.165) is 69.8 Å². The van der Waals surface area contributed by atoms with Gasteiger partial charge < -0.3 is 18.9 Å². The number of pyridine rings is 1. The van der Waals surface area contributed by atoms with E-state index in [-0.39, 0.29) is 26.0 Å². The van der Waals surface area contributed by atoms with E-state index in [4.69, 9.17) is 23.9 Å². The summed E-state index contributed by atoms with van der Waals surface area (Å²) in [5.41, 5.74) is 5.31. The first-order chi connectivity index (χ1) is 17.8. The first kappa shape index (κ1) is 22.2. The normalized spacial score (nSPS) is 15.1. The average molecular weight is 480 g/mol. The van der Waals surface area contributed by atoms with Crippen LogP contribution in [0.3, 0.4) is 0 Å². The van der Waals surface area contributed by atoms with E-state index >= 15 is 0 Å². The van der Waals surface area contributed by atoms with Crippen LogP contribution < -0.4 is 14.2 Å². The van der Waals surface area contributed by atoms with Crippen molar-refractivity contribution in [3.63, 3.8) is 0 Å². The van der Waals surface area contributed by atoms with E-state index in [9.17, 15) is 4.79 Å². The van der Waals surface area contributed by atoms with Crippen molar-refractivity contribution < 1.29 is 23.7 Å². The van der Waals surface area contributed by atoms with Crippen LogP contribution in [0.2, 0.25) is 0 Å². The molecule has 6 rings (SSSR count). The van der Waals surface area contributed by atoms with Crippen LogP contribution >= 0.6 is 0 Å². The molecule has 0 unspecified atom stereocenters. The van der Waals surface area contributed by atoms with Gasteiger partial charge in [-0.05, 0) is 72.4 Å². The molecule has 0 fully saturated rings. The molecule has 36 heavy (non-hydrogen) atoms. The zero-order valence-electron chi connectivity index (χ0n) is 19.7. The summed E-state index contributed by atoms with van der Waals surface area (Å²) in [6.07, 6.45) is 4.72. The smallest absolute Gasteiger partial charge is 0.339 e. The summed E-state index contributed by atoms with van der Waals surface area (Å²) in [6, 6.07) is 23.2. The summed E-state index contributed by atoms with van der Waals surface area (Å²) in [6.45, 7) is 0.697. The van der Waals surface area contributed by atoms with Crippen molar-refractivity contribution in [3.05, 3.63) is 95.2 Å². The Kier molecular flexibility index (Phi) is 6.00. The molecule has 0 spiro atoms. The predicted molar refractivity (Wildman–Crippen MR) is 137 cm³/mol. The van der Waals surface area contributed by atoms with Gasteiger partial charge in [-0.2, -0.15) is 0 Å². The molecule has 0 N–H and O–H groups in total. The third kappa shape index (κ3) is 4.38. The number of hydrogen-bond acceptors (Lipinski definition) is 6. The highest BCUT2D eigenvalue weighted by Gasteiger charge is 2.26. The van der Waals surface area contributed by atoms with Crippen molar-refractivity contribution >= 4 is 28.5 Å². The summed E-state index contributed by atoms with van der Waals surface area (Å²) in [7, 11) is 0. The molecule has 0 saturated heterocycles. The number of carbonyl (C=O) groups excluding carboxylic acids is 1. The molecule has 6 nitrogen and oxygen atoms in total. The Labute approximate surface area is 209 Å². The van der Waals surface area contributed by atoms with Crippen molar-refractivity contribution in [1.82, 2.24) is 4.98 Å². The molecular formula is C30H25NO5. The van der Waals surface area contributed by atoms with Gasteiger partial charge in [0, 0.05) is 5.39 Å². The molecule has 4 aromatic rings. The van der Waals surface area contributed by atoms with Crippen LogP contribution in [0.25, 0.3) is 22.6 Å². The number of carbonyl (C=O) groups is 1. The molecule has 2 aliphatic rings. The number of aromatic nitrogens is 1. The highest BCUT2D eigenvalue weighted by atomic mass is 16.7. The molecule has 1 aliphatic carbocycles. The SMILES string of the molecule is O=C(OCCOc1ccccc1)c1c2c(nc3ccccc13)C(=Cc1ccc3c(c1)OCO3)CCC2. The fourth-order valence-electron chi connectivity index (χ4n) is 4.80. The standard InChI is InChI=1S/C30H25NO5/c32-30(34-16-15-33-22-8-2-1-3-9-22)28-23-10-4-5-12-25(23)31-29-21(7-6-11-24(28)29)17-20-13-14-26-27(18-20)36-19-35-26/h1-5,8-10,12-14,17-18H,6-7,11,15-16,19H2. The van der Waals surface area contributed by atoms with Gasteiger partial charge in [0.15, 0.2) is 11.5 Å². The second-order valence-electron chi connectivity index (χ2n) is 8.76. The lowest BCUT2D eigenvalue weighted by Gasteiger charge is -2.22. The van der Waals surface area contributed by atoms with Crippen molar-refractivity contribution in [2.75, 3.05) is 20.0 Å². The number of benzene rings is 3. The van der Waals surface area contributed by atoms with Crippen molar-refractivity contribution in [1.29, 1.82) is 0 Å². The van der Waals surface area contributed by atoms with E-state index in [1.165, 1.54) is 0 Å². The first-order valence-corrected chi connectivity index (χ1v) is 12.1. The predicted octanol–water partition coefficient (Wildman–Crippen LogP) is 6.08. The fraction of sp³-hybridized carbons (Fsp3) is 0.200. The zero-order valence-corrected chi connectivity index (χ0v) is 19.7. The summed E-state index contributed by atoms with van der Waals surface area (Å²) in [5, 5.41) is 0.814. The van der Waals surface area contributed by atoms with Crippen molar-refractivity contribution in [2.45, 2.75) is 19.3 Å². The van der Waals surface area contributed by atoms with Crippen LogP contribution in [0.4, 0.5) is 0 Å². The molecule has 0 saturated carbocycles. The summed E-state index contributed by atoms with van der Waals surface area (Å²) in [5.74, 6) is 1.91. The Morgan fingerprint density at radius 2 is 1.75 bits per heavy atom. The van der Waals surface area contributed by atoms with E-state index in [2.05, 4.69) is 6.08 Å². The largest absolute Gasteiger partial charge is 0.490 e. The quantitative estimate of drug-likeness (QED) is 0.247. The Morgan fingerprint density at radius 1 is 0.917 bits per heavy atom. The topological polar surface area (TPSA) is 66.9 Å². The number of para-hydroxylation sites is 2. The van der Waals surface area contributed by atoms with Gasteiger partial charge in [-0.1, -0.05) is 42.5 Å². The van der Waals surface area contributed by atoms with Gasteiger partial charge in [-0.25, -0.2) is 9.78 Å². The van der Waals surface area contributed by atoms with Crippen molar-refractivity contribution in [2.24, 2.45) is 0 Å². The molecule has 0 amide bonds. The second-order valence-corrected chi connectivity index (χ2v) is 8.76. The fourth-order valence-corrected chi connectivity index (χ4v) is 4.80. The number of fused-ring (bicyclic) bond motifs is 3. The van der Waals surface area contributed by atoms with Crippen LogP contribution in [0.5, 0.6) is 17.2 Å². The summed E-state index contributed by atoms with van der Waals surface area (Å²) < 4.78 is 22.4. The lowest BCUT2D eigenvalue weighted by molar-refractivity contribution is 0.0451. The molecule has 0 radical (unpaired) electrons. The average Bonchev–Trinajstić information content (AvgIpc) is 3.39. The van der Waals surface area contributed by atoms with Gasteiger partial charge in [0.05, 0.1) is 16.8 Å². The van der Waals surface area contributed by atoms with Gasteiger partial charge in [-0.15, -0.1) is 0 Å². The lowest BCUT2D eigenvalue weighted by Crippen LogP contribution is -2.17. The molecule has 0 atom stereocenters. The van der Waals surface area contributed by atoms with Crippen LogP contribution in [-0.4, -0.2) is 31.0 Å². The van der Waals surface area contributed by atoms with Gasteiger partial charge >= 0.3 is 5.97 Å². The summed E-state index contributed by atoms with van der Waals surface area (Å²) in [4.78, 5) is 18.4. The van der Waals surface area contributed by atoms with E-state index in [0.29, 0.717) is 5.56 Å². The van der Waals surface area contributed by atoms with E-state index in [1.807, 2.05) is 72.8 Å². The Bertz CT molecular complexity index is 1460. The number of esters is 1. The highest BCUT2D eigenvalue weighted by Crippen LogP contribution is 2.38. The lowest BCUT2D eigenvalue weighted by atomic mass is 9.86. The number of allylic oxidation sites excluding steroid dienone is 1. The molecule has 1 aromatic heterocycles. The maximum Gasteiger partial charge on any atom is 0.339 e. The van der Waals surface area contributed by atoms with Crippen molar-refractivity contribution in [3.8, 4) is 17.2 Å². The number of rotatable bonds is 6. The van der Waals surface area contributed by atoms with Crippen LogP contribution in [0, 0.1) is 0 Å². The number of ether oxygens (including phenoxy) is 4. The number of hydrogen-bond donors (Lipinski definition) is 0. The monoisotopic (exact) mass is 479 g/mol. The minimum atomic E-state index is -0.342. The third-order valence-corrected chi connectivity index (χ3v) is 6.44. The molecule has 1 aliphatic heterocycles. The maximum absolute atomic E-state index is 13.4. The molecule has 6 heteroatoms. The minimum Gasteiger partial charge on any atom is -0.490 e. The van der Waals surface area contributed by atoms with Gasteiger partial charge in [0.25, 0.3) is 0 Å². The molecule has 2 heterocycles. The van der Waals surface area contributed by atoms with Gasteiger partial charge in [-0.3, -0.25) is 0 Å². The minimum absolute atomic E-state index is 0.166. The molecule has 180 valence electrons. The Morgan fingerprint density at radius 3 is 2.67 bits per heavy atom. The second kappa shape index (κ2) is 9.74. The molecule has 0 bridgehead atoms. The van der Waals surface area contributed by atoms with Gasteiger partial charge in [0.2, 0.25) is 6.79 Å². The first-order valence-electron chi connectivity index (χ1n) is 12.1. The Hall–Kier alpha value is -4.32. The highest BCUT2D eigenvalue weighted by molar-refractivity contribution is 6.06. The Balaban J connectivity index is 1.31. The third-order valence-electron chi connectivity index (χ3n) is 6.44. The van der Waals surface area contributed by atoms with E-state index < -0.39 is 0 Å².